The molecular weight excluding hydrogens is 366 g/mol. The van der Waals surface area contributed by atoms with Gasteiger partial charge in [0.05, 0.1) is 22.8 Å². The number of pyridine rings is 1. The summed E-state index contributed by atoms with van der Waals surface area (Å²) in [5, 5.41) is 12.0. The Morgan fingerprint density at radius 3 is 2.48 bits per heavy atom. The second-order valence-electron chi connectivity index (χ2n) is 7.01. The molecule has 0 spiro atoms. The average Bonchev–Trinajstić information content (AvgIpc) is 3.12. The predicted octanol–water partition coefficient (Wildman–Crippen LogP) is 3.17. The first-order valence-electron chi connectivity index (χ1n) is 9.39. The molecule has 0 unspecified atom stereocenters. The highest BCUT2D eigenvalue weighted by atomic mass is 16.1. The smallest absolute Gasteiger partial charge is 0.267 e. The first-order chi connectivity index (χ1) is 14.0. The van der Waals surface area contributed by atoms with Crippen LogP contribution in [-0.4, -0.2) is 32.3 Å². The van der Waals surface area contributed by atoms with E-state index in [-0.39, 0.29) is 17.5 Å². The number of nitrogens with one attached hydrogen (secondary N) is 1. The maximum atomic E-state index is 12.2. The summed E-state index contributed by atoms with van der Waals surface area (Å²) in [5.41, 5.74) is 4.17. The van der Waals surface area contributed by atoms with Gasteiger partial charge in [-0.25, -0.2) is 9.20 Å². The van der Waals surface area contributed by atoms with Crippen LogP contribution in [0.5, 0.6) is 0 Å². The van der Waals surface area contributed by atoms with E-state index in [0.717, 1.165) is 22.3 Å². The van der Waals surface area contributed by atoms with Crippen LogP contribution in [0.15, 0.2) is 65.6 Å². The first-order valence-corrected chi connectivity index (χ1v) is 9.39. The summed E-state index contributed by atoms with van der Waals surface area (Å²) in [6.07, 6.45) is 1.76. The van der Waals surface area contributed by atoms with E-state index >= 15 is 0 Å². The zero-order valence-electron chi connectivity index (χ0n) is 16.5. The van der Waals surface area contributed by atoms with Crippen LogP contribution >= 0.6 is 0 Å². The molecule has 4 aromatic rings. The van der Waals surface area contributed by atoms with Crippen molar-refractivity contribution in [3.8, 4) is 22.5 Å². The lowest BCUT2D eigenvalue weighted by Gasteiger charge is -2.10. The predicted molar refractivity (Wildman–Crippen MR) is 112 cm³/mol. The van der Waals surface area contributed by atoms with Gasteiger partial charge in [-0.3, -0.25) is 9.59 Å². The van der Waals surface area contributed by atoms with E-state index in [2.05, 4.69) is 10.4 Å². The normalized spacial score (nSPS) is 11.2. The number of hydrogen-bond donors (Lipinski definition) is 1. The van der Waals surface area contributed by atoms with Gasteiger partial charge in [0.25, 0.3) is 11.5 Å². The molecule has 3 aromatic heterocycles. The van der Waals surface area contributed by atoms with E-state index < -0.39 is 0 Å². The molecule has 0 aliphatic rings. The molecule has 146 valence electrons. The highest BCUT2D eigenvalue weighted by Crippen LogP contribution is 2.34. The van der Waals surface area contributed by atoms with Gasteiger partial charge in [0.15, 0.2) is 0 Å². The highest BCUT2D eigenvalue weighted by Gasteiger charge is 2.20. The van der Waals surface area contributed by atoms with Gasteiger partial charge >= 0.3 is 0 Å². The molecule has 3 heterocycles. The zero-order chi connectivity index (χ0) is 20.5. The quantitative estimate of drug-likeness (QED) is 0.583. The van der Waals surface area contributed by atoms with Gasteiger partial charge in [-0.05, 0) is 32.0 Å². The molecule has 0 radical (unpaired) electrons. The van der Waals surface area contributed by atoms with Crippen molar-refractivity contribution in [3.63, 3.8) is 0 Å². The highest BCUT2D eigenvalue weighted by molar-refractivity contribution is 5.98. The number of rotatable bonds is 4. The lowest BCUT2D eigenvalue weighted by atomic mass is 10.0. The van der Waals surface area contributed by atoms with Crippen molar-refractivity contribution in [2.45, 2.75) is 19.9 Å². The van der Waals surface area contributed by atoms with Crippen LogP contribution in [0.3, 0.4) is 0 Å². The Balaban J connectivity index is 2.05. The van der Waals surface area contributed by atoms with Gasteiger partial charge in [-0.1, -0.05) is 30.3 Å². The largest absolute Gasteiger partial charge is 0.355 e. The van der Waals surface area contributed by atoms with Crippen molar-refractivity contribution in [2.75, 3.05) is 7.05 Å². The summed E-state index contributed by atoms with van der Waals surface area (Å²) in [5.74, 6) is -0.180. The van der Waals surface area contributed by atoms with Gasteiger partial charge in [-0.15, -0.1) is 0 Å². The molecule has 0 saturated heterocycles. The SMILES string of the molecule is CNC(=O)c1ccn2nc(-c3ccccc3)c(-c3ccc(=O)n(C(C)C)n3)c2c1. The third kappa shape index (κ3) is 3.31. The summed E-state index contributed by atoms with van der Waals surface area (Å²) in [6.45, 7) is 3.83. The van der Waals surface area contributed by atoms with Gasteiger partial charge in [0, 0.05) is 30.4 Å². The lowest BCUT2D eigenvalue weighted by molar-refractivity contribution is 0.0963. The molecule has 7 heteroatoms. The molecule has 1 N–H and O–H groups in total. The number of hydrogen-bond acceptors (Lipinski definition) is 4. The second-order valence-corrected chi connectivity index (χ2v) is 7.01. The van der Waals surface area contributed by atoms with E-state index in [4.69, 9.17) is 5.10 Å². The molecule has 0 fully saturated rings. The van der Waals surface area contributed by atoms with Gasteiger partial charge in [0.2, 0.25) is 0 Å². The Kier molecular flexibility index (Phi) is 4.72. The fourth-order valence-electron chi connectivity index (χ4n) is 3.31. The summed E-state index contributed by atoms with van der Waals surface area (Å²) >= 11 is 0. The van der Waals surface area contributed by atoms with E-state index in [1.54, 1.807) is 36.0 Å². The van der Waals surface area contributed by atoms with E-state index in [9.17, 15) is 9.59 Å². The average molecular weight is 387 g/mol. The lowest BCUT2D eigenvalue weighted by Crippen LogP contribution is -2.23. The van der Waals surface area contributed by atoms with Crippen LogP contribution in [0.1, 0.15) is 30.2 Å². The number of carbonyl (C=O) groups is 1. The summed E-state index contributed by atoms with van der Waals surface area (Å²) in [6, 6.07) is 16.4. The summed E-state index contributed by atoms with van der Waals surface area (Å²) < 4.78 is 3.19. The van der Waals surface area contributed by atoms with Crippen LogP contribution in [0.2, 0.25) is 0 Å². The Morgan fingerprint density at radius 1 is 1.03 bits per heavy atom. The summed E-state index contributed by atoms with van der Waals surface area (Å²) in [7, 11) is 1.60. The van der Waals surface area contributed by atoms with Crippen LogP contribution in [0.25, 0.3) is 28.0 Å². The van der Waals surface area contributed by atoms with E-state index in [0.29, 0.717) is 11.3 Å². The Hall–Kier alpha value is -3.74. The molecule has 1 amide bonds. The van der Waals surface area contributed by atoms with Crippen LogP contribution < -0.4 is 10.9 Å². The fourth-order valence-corrected chi connectivity index (χ4v) is 3.31. The third-order valence-electron chi connectivity index (χ3n) is 4.74. The number of nitrogens with zero attached hydrogens (tertiary/aromatic N) is 4. The minimum atomic E-state index is -0.180. The van der Waals surface area contributed by atoms with Gasteiger partial charge < -0.3 is 5.32 Å². The molecule has 0 atom stereocenters. The summed E-state index contributed by atoms with van der Waals surface area (Å²) in [4.78, 5) is 24.4. The van der Waals surface area contributed by atoms with Crippen molar-refractivity contribution in [1.29, 1.82) is 0 Å². The number of carbonyl (C=O) groups excluding carboxylic acids is 1. The van der Waals surface area contributed by atoms with Crippen LogP contribution in [-0.2, 0) is 0 Å². The van der Waals surface area contributed by atoms with Crippen molar-refractivity contribution < 1.29 is 4.79 Å². The fraction of sp³-hybridized carbons (Fsp3) is 0.182. The zero-order valence-corrected chi connectivity index (χ0v) is 16.5. The Bertz CT molecular complexity index is 1260. The van der Waals surface area contributed by atoms with E-state index in [1.807, 2.05) is 44.2 Å². The molecule has 4 rings (SSSR count). The Labute approximate surface area is 167 Å². The minimum absolute atomic E-state index is 0.0779. The monoisotopic (exact) mass is 387 g/mol. The number of aromatic nitrogens is 4. The first kappa shape index (κ1) is 18.6. The van der Waals surface area contributed by atoms with Gasteiger partial charge in [-0.2, -0.15) is 10.2 Å². The number of fused-ring (bicyclic) bond motifs is 1. The molecule has 0 bridgehead atoms. The third-order valence-corrected chi connectivity index (χ3v) is 4.74. The molecule has 1 aromatic carbocycles. The van der Waals surface area contributed by atoms with E-state index in [1.165, 1.54) is 10.7 Å². The van der Waals surface area contributed by atoms with Crippen molar-refractivity contribution in [2.24, 2.45) is 0 Å². The molecule has 0 saturated carbocycles. The molecule has 0 aliphatic carbocycles. The molecule has 29 heavy (non-hydrogen) atoms. The van der Waals surface area contributed by atoms with Crippen molar-refractivity contribution in [1.82, 2.24) is 24.7 Å². The van der Waals surface area contributed by atoms with Crippen LogP contribution in [0.4, 0.5) is 0 Å². The standard InChI is InChI=1S/C22H21N5O2/c1-14(2)27-19(28)10-9-17(24-27)20-18-13-16(22(29)23-3)11-12-26(18)25-21(20)15-7-5-4-6-8-15/h4-14H,1-3H3,(H,23,29). The minimum Gasteiger partial charge on any atom is -0.355 e. The topological polar surface area (TPSA) is 81.3 Å². The van der Waals surface area contributed by atoms with Crippen LogP contribution in [0, 0.1) is 0 Å². The molecule has 7 nitrogen and oxygen atoms in total. The van der Waals surface area contributed by atoms with Crippen molar-refractivity contribution in [3.05, 3.63) is 76.7 Å². The molecular formula is C22H21N5O2. The maximum absolute atomic E-state index is 12.2. The second kappa shape index (κ2) is 7.35. The number of amides is 1. The Morgan fingerprint density at radius 2 is 1.79 bits per heavy atom. The molecule has 0 aliphatic heterocycles. The maximum Gasteiger partial charge on any atom is 0.267 e. The number of benzene rings is 1. The van der Waals surface area contributed by atoms with Crippen molar-refractivity contribution >= 4 is 11.4 Å². The van der Waals surface area contributed by atoms with Gasteiger partial charge in [0.1, 0.15) is 5.69 Å².